The number of hydrogen-bond acceptors (Lipinski definition) is 3. The molecule has 1 aliphatic rings. The van der Waals surface area contributed by atoms with Crippen molar-refractivity contribution in [1.29, 1.82) is 5.26 Å². The van der Waals surface area contributed by atoms with E-state index in [1.54, 1.807) is 0 Å². The molecule has 0 aromatic heterocycles. The summed E-state index contributed by atoms with van der Waals surface area (Å²) < 4.78 is 0. The van der Waals surface area contributed by atoms with E-state index in [0.29, 0.717) is 0 Å². The summed E-state index contributed by atoms with van der Waals surface area (Å²) in [7, 11) is 0. The minimum absolute atomic E-state index is 0.280. The van der Waals surface area contributed by atoms with Crippen LogP contribution < -0.4 is 5.32 Å². The Balaban J connectivity index is 2.28. The van der Waals surface area contributed by atoms with Crippen molar-refractivity contribution in [3.63, 3.8) is 0 Å². The first-order valence-electron chi connectivity index (χ1n) is 7.13. The normalized spacial score (nSPS) is 19.3. The first-order chi connectivity index (χ1) is 9.16. The summed E-state index contributed by atoms with van der Waals surface area (Å²) in [5, 5.41) is 13.3. The summed E-state index contributed by atoms with van der Waals surface area (Å²) in [6, 6.07) is 12.9. The van der Waals surface area contributed by atoms with E-state index < -0.39 is 5.54 Å². The van der Waals surface area contributed by atoms with Gasteiger partial charge in [0.05, 0.1) is 6.07 Å². The average Bonchev–Trinajstić information content (AvgIpc) is 2.91. The van der Waals surface area contributed by atoms with Crippen molar-refractivity contribution in [3.8, 4) is 6.07 Å². The lowest BCUT2D eigenvalue weighted by Gasteiger charge is -2.34. The monoisotopic (exact) mass is 257 g/mol. The summed E-state index contributed by atoms with van der Waals surface area (Å²) in [6.45, 7) is 7.18. The van der Waals surface area contributed by atoms with Gasteiger partial charge in [0.2, 0.25) is 0 Å². The van der Waals surface area contributed by atoms with E-state index in [1.807, 2.05) is 18.2 Å². The van der Waals surface area contributed by atoms with Crippen molar-refractivity contribution in [2.24, 2.45) is 0 Å². The third kappa shape index (κ3) is 3.34. The van der Waals surface area contributed by atoms with Crippen LogP contribution in [0.3, 0.4) is 0 Å². The quantitative estimate of drug-likeness (QED) is 0.881. The molecule has 19 heavy (non-hydrogen) atoms. The molecule has 1 unspecified atom stereocenters. The minimum Gasteiger partial charge on any atom is -0.300 e. The van der Waals surface area contributed by atoms with Gasteiger partial charge in [0.15, 0.2) is 0 Å². The van der Waals surface area contributed by atoms with Crippen molar-refractivity contribution in [2.45, 2.75) is 38.3 Å². The number of nitriles is 1. The predicted molar refractivity (Wildman–Crippen MR) is 77.7 cm³/mol. The Labute approximate surface area is 116 Å². The van der Waals surface area contributed by atoms with Crippen LogP contribution in [0.25, 0.3) is 0 Å². The molecule has 3 nitrogen and oxygen atoms in total. The van der Waals surface area contributed by atoms with E-state index in [9.17, 15) is 5.26 Å². The molecule has 0 saturated carbocycles. The molecule has 0 radical (unpaired) electrons. The maximum Gasteiger partial charge on any atom is 0.145 e. The topological polar surface area (TPSA) is 39.1 Å². The standard InChI is InChI=1S/C16H23N3/c1-14(2)18-16(12-17,13-19-10-6-7-11-19)15-8-4-3-5-9-15/h3-5,8-9,14,18H,6-7,10-11,13H2,1-2H3. The number of rotatable bonds is 5. The number of hydrogen-bond donors (Lipinski definition) is 1. The Kier molecular flexibility index (Phi) is 4.57. The van der Waals surface area contributed by atoms with Gasteiger partial charge in [-0.3, -0.25) is 5.32 Å². The van der Waals surface area contributed by atoms with Crippen molar-refractivity contribution >= 4 is 0 Å². The molecule has 1 aromatic carbocycles. The fourth-order valence-electron chi connectivity index (χ4n) is 2.84. The average molecular weight is 257 g/mol. The maximum absolute atomic E-state index is 9.80. The molecule has 3 heteroatoms. The summed E-state index contributed by atoms with van der Waals surface area (Å²) in [6.07, 6.45) is 2.50. The van der Waals surface area contributed by atoms with Gasteiger partial charge in [-0.15, -0.1) is 0 Å². The molecule has 0 aliphatic carbocycles. The molecule has 1 atom stereocenters. The summed E-state index contributed by atoms with van der Waals surface area (Å²) >= 11 is 0. The van der Waals surface area contributed by atoms with E-state index in [4.69, 9.17) is 0 Å². The van der Waals surface area contributed by atoms with Gasteiger partial charge in [-0.2, -0.15) is 5.26 Å². The molecule has 0 bridgehead atoms. The zero-order chi connectivity index (χ0) is 13.7. The highest BCUT2D eigenvalue weighted by atomic mass is 15.2. The zero-order valence-electron chi connectivity index (χ0n) is 11.9. The van der Waals surface area contributed by atoms with Crippen LogP contribution in [0.1, 0.15) is 32.3 Å². The second-order valence-electron chi connectivity index (χ2n) is 5.67. The second kappa shape index (κ2) is 6.18. The number of nitrogens with zero attached hydrogens (tertiary/aromatic N) is 2. The van der Waals surface area contributed by atoms with Crippen LogP contribution in [0.5, 0.6) is 0 Å². The third-order valence-electron chi connectivity index (χ3n) is 3.65. The van der Waals surface area contributed by atoms with Gasteiger partial charge in [0.1, 0.15) is 5.54 Å². The minimum atomic E-state index is -0.597. The number of nitrogens with one attached hydrogen (secondary N) is 1. The van der Waals surface area contributed by atoms with Crippen LogP contribution in [-0.4, -0.2) is 30.6 Å². The summed E-state index contributed by atoms with van der Waals surface area (Å²) in [4.78, 5) is 2.39. The zero-order valence-corrected chi connectivity index (χ0v) is 11.9. The van der Waals surface area contributed by atoms with Gasteiger partial charge in [-0.25, -0.2) is 0 Å². The first kappa shape index (κ1) is 14.0. The lowest BCUT2D eigenvalue weighted by molar-refractivity contribution is 0.239. The molecule has 1 fully saturated rings. The van der Waals surface area contributed by atoms with Crippen LogP contribution >= 0.6 is 0 Å². The first-order valence-corrected chi connectivity index (χ1v) is 7.13. The fraction of sp³-hybridized carbons (Fsp3) is 0.562. The van der Waals surface area contributed by atoms with Gasteiger partial charge in [0, 0.05) is 12.6 Å². The Bertz CT molecular complexity index is 429. The lowest BCUT2D eigenvalue weighted by Crippen LogP contribution is -2.52. The van der Waals surface area contributed by atoms with Crippen LogP contribution in [0.4, 0.5) is 0 Å². The molecule has 1 heterocycles. The Morgan fingerprint density at radius 3 is 2.42 bits per heavy atom. The highest BCUT2D eigenvalue weighted by molar-refractivity contribution is 5.32. The van der Waals surface area contributed by atoms with E-state index in [2.05, 4.69) is 42.3 Å². The van der Waals surface area contributed by atoms with Crippen LogP contribution in [0, 0.1) is 11.3 Å². The smallest absolute Gasteiger partial charge is 0.145 e. The van der Waals surface area contributed by atoms with Gasteiger partial charge in [0.25, 0.3) is 0 Å². The summed E-state index contributed by atoms with van der Waals surface area (Å²) in [5.41, 5.74) is 0.470. The predicted octanol–water partition coefficient (Wildman–Crippen LogP) is 2.50. The molecule has 1 N–H and O–H groups in total. The molecule has 102 valence electrons. The molecular weight excluding hydrogens is 234 g/mol. The Morgan fingerprint density at radius 2 is 1.89 bits per heavy atom. The molecule has 0 amide bonds. The van der Waals surface area contributed by atoms with E-state index in [0.717, 1.165) is 25.2 Å². The Morgan fingerprint density at radius 1 is 1.26 bits per heavy atom. The van der Waals surface area contributed by atoms with Gasteiger partial charge in [-0.1, -0.05) is 30.3 Å². The van der Waals surface area contributed by atoms with Gasteiger partial charge >= 0.3 is 0 Å². The van der Waals surface area contributed by atoms with E-state index in [-0.39, 0.29) is 6.04 Å². The highest BCUT2D eigenvalue weighted by Gasteiger charge is 2.35. The van der Waals surface area contributed by atoms with Crippen molar-refractivity contribution < 1.29 is 0 Å². The van der Waals surface area contributed by atoms with E-state index >= 15 is 0 Å². The Hall–Kier alpha value is -1.37. The third-order valence-corrected chi connectivity index (χ3v) is 3.65. The highest BCUT2D eigenvalue weighted by Crippen LogP contribution is 2.24. The van der Waals surface area contributed by atoms with Crippen molar-refractivity contribution in [3.05, 3.63) is 35.9 Å². The number of benzene rings is 1. The molecule has 1 saturated heterocycles. The molecular formula is C16H23N3. The summed E-state index contributed by atoms with van der Waals surface area (Å²) in [5.74, 6) is 0. The van der Waals surface area contributed by atoms with Crippen LogP contribution in [0.2, 0.25) is 0 Å². The largest absolute Gasteiger partial charge is 0.300 e. The molecule has 0 spiro atoms. The van der Waals surface area contributed by atoms with Crippen LogP contribution in [0.15, 0.2) is 30.3 Å². The number of likely N-dealkylation sites (tertiary alicyclic amines) is 1. The lowest BCUT2D eigenvalue weighted by atomic mass is 9.90. The van der Waals surface area contributed by atoms with Crippen molar-refractivity contribution in [1.82, 2.24) is 10.2 Å². The van der Waals surface area contributed by atoms with Gasteiger partial charge < -0.3 is 4.90 Å². The maximum atomic E-state index is 9.80. The second-order valence-corrected chi connectivity index (χ2v) is 5.67. The SMILES string of the molecule is CC(C)NC(C#N)(CN1CCCC1)c1ccccc1. The fourth-order valence-corrected chi connectivity index (χ4v) is 2.84. The molecule has 2 rings (SSSR count). The molecule has 1 aromatic rings. The van der Waals surface area contributed by atoms with Crippen molar-refractivity contribution in [2.75, 3.05) is 19.6 Å². The van der Waals surface area contributed by atoms with Crippen LogP contribution in [-0.2, 0) is 5.54 Å². The molecule has 1 aliphatic heterocycles. The van der Waals surface area contributed by atoms with Gasteiger partial charge in [-0.05, 0) is 45.3 Å². The van der Waals surface area contributed by atoms with E-state index in [1.165, 1.54) is 12.8 Å².